The van der Waals surface area contributed by atoms with Gasteiger partial charge in [-0.15, -0.1) is 0 Å². The highest BCUT2D eigenvalue weighted by atomic mass is 32.2. The number of β-amino-alcohol motifs (C(OH)–C–C–N with tert-alkyl or cyclic N) is 1. The van der Waals surface area contributed by atoms with Crippen LogP contribution in [0.25, 0.3) is 0 Å². The summed E-state index contributed by atoms with van der Waals surface area (Å²) in [5, 5.41) is 13.8. The van der Waals surface area contributed by atoms with Crippen LogP contribution in [0.4, 0.5) is 5.69 Å². The minimum atomic E-state index is -3.58. The lowest BCUT2D eigenvalue weighted by Gasteiger charge is -2.28. The van der Waals surface area contributed by atoms with Gasteiger partial charge in [0, 0.05) is 41.8 Å². The van der Waals surface area contributed by atoms with Crippen molar-refractivity contribution in [2.75, 3.05) is 11.3 Å². The van der Waals surface area contributed by atoms with Gasteiger partial charge in [0.1, 0.15) is 0 Å². The predicted molar refractivity (Wildman–Crippen MR) is 126 cm³/mol. The largest absolute Gasteiger partial charge is 0.387 e. The number of nitrogens with zero attached hydrogens (tertiary/aromatic N) is 1. The van der Waals surface area contributed by atoms with Crippen LogP contribution < -0.4 is 14.8 Å². The summed E-state index contributed by atoms with van der Waals surface area (Å²) in [4.78, 5) is 4.05. The van der Waals surface area contributed by atoms with E-state index in [1.807, 2.05) is 24.3 Å². The van der Waals surface area contributed by atoms with Crippen molar-refractivity contribution in [2.24, 2.45) is 11.8 Å². The SMILES string of the molecule is CC(C)(Cc1ccc(NS(=O)(=O)NC2C[C@H]3CC[C@@H]2C3)cc1)NC[C@H](O)c1cccnc1. The fourth-order valence-electron chi connectivity index (χ4n) is 5.10. The Bertz CT molecular complexity index is 996. The third-order valence-electron chi connectivity index (χ3n) is 6.74. The lowest BCUT2D eigenvalue weighted by molar-refractivity contribution is 0.160. The van der Waals surface area contributed by atoms with E-state index in [1.54, 1.807) is 24.5 Å². The molecule has 2 aliphatic rings. The van der Waals surface area contributed by atoms with Crippen molar-refractivity contribution in [3.05, 3.63) is 59.9 Å². The van der Waals surface area contributed by atoms with Gasteiger partial charge in [0.15, 0.2) is 0 Å². The molecule has 0 saturated heterocycles. The number of aromatic nitrogens is 1. The highest BCUT2D eigenvalue weighted by Crippen LogP contribution is 2.44. The van der Waals surface area contributed by atoms with Crippen molar-refractivity contribution in [1.29, 1.82) is 0 Å². The third-order valence-corrected chi connectivity index (χ3v) is 7.86. The minimum absolute atomic E-state index is 0.0689. The number of nitrogens with one attached hydrogen (secondary N) is 3. The second kappa shape index (κ2) is 9.47. The van der Waals surface area contributed by atoms with E-state index in [-0.39, 0.29) is 11.6 Å². The van der Waals surface area contributed by atoms with E-state index in [1.165, 1.54) is 6.42 Å². The van der Waals surface area contributed by atoms with Crippen molar-refractivity contribution < 1.29 is 13.5 Å². The topological polar surface area (TPSA) is 103 Å². The van der Waals surface area contributed by atoms with Crippen LogP contribution in [0.5, 0.6) is 0 Å². The first kappa shape index (κ1) is 23.2. The van der Waals surface area contributed by atoms with Crippen LogP contribution in [0.2, 0.25) is 0 Å². The summed E-state index contributed by atoms with van der Waals surface area (Å²) in [5.74, 6) is 1.18. The molecule has 0 spiro atoms. The zero-order chi connectivity index (χ0) is 22.8. The molecular weight excluding hydrogens is 424 g/mol. The summed E-state index contributed by atoms with van der Waals surface area (Å²) in [6.45, 7) is 4.59. The summed E-state index contributed by atoms with van der Waals surface area (Å²) >= 11 is 0. The number of benzene rings is 1. The van der Waals surface area contributed by atoms with E-state index in [0.29, 0.717) is 24.1 Å². The molecule has 4 N–H and O–H groups in total. The Kier molecular flexibility index (Phi) is 6.86. The second-order valence-electron chi connectivity index (χ2n) is 9.95. The third kappa shape index (κ3) is 6.07. The summed E-state index contributed by atoms with van der Waals surface area (Å²) < 4.78 is 30.6. The molecule has 1 heterocycles. The molecule has 0 amide bonds. The number of rotatable bonds is 10. The van der Waals surface area contributed by atoms with Crippen LogP contribution in [-0.2, 0) is 16.6 Å². The van der Waals surface area contributed by atoms with Gasteiger partial charge >= 0.3 is 0 Å². The maximum absolute atomic E-state index is 12.6. The molecule has 1 aromatic heterocycles. The molecule has 1 aromatic carbocycles. The fourth-order valence-corrected chi connectivity index (χ4v) is 6.29. The van der Waals surface area contributed by atoms with Gasteiger partial charge in [0.05, 0.1) is 6.10 Å². The van der Waals surface area contributed by atoms with Crippen LogP contribution >= 0.6 is 0 Å². The number of anilines is 1. The first-order chi connectivity index (χ1) is 15.2. The van der Waals surface area contributed by atoms with E-state index in [9.17, 15) is 13.5 Å². The van der Waals surface area contributed by atoms with Crippen LogP contribution in [-0.4, -0.2) is 36.6 Å². The van der Waals surface area contributed by atoms with Gasteiger partial charge < -0.3 is 10.4 Å². The van der Waals surface area contributed by atoms with E-state index >= 15 is 0 Å². The van der Waals surface area contributed by atoms with Gasteiger partial charge in [-0.1, -0.05) is 24.6 Å². The molecule has 1 unspecified atom stereocenters. The van der Waals surface area contributed by atoms with Crippen LogP contribution in [0, 0.1) is 11.8 Å². The van der Waals surface area contributed by atoms with Gasteiger partial charge in [0.2, 0.25) is 0 Å². The Morgan fingerprint density at radius 1 is 1.16 bits per heavy atom. The maximum atomic E-state index is 12.6. The number of hydrogen-bond acceptors (Lipinski definition) is 5. The van der Waals surface area contributed by atoms with Crippen molar-refractivity contribution in [2.45, 2.75) is 63.6 Å². The molecule has 174 valence electrons. The molecule has 2 aromatic rings. The van der Waals surface area contributed by atoms with Gasteiger partial charge in [-0.25, -0.2) is 0 Å². The predicted octanol–water partition coefficient (Wildman–Crippen LogP) is 3.16. The smallest absolute Gasteiger partial charge is 0.299 e. The highest BCUT2D eigenvalue weighted by molar-refractivity contribution is 7.90. The molecule has 32 heavy (non-hydrogen) atoms. The highest BCUT2D eigenvalue weighted by Gasteiger charge is 2.41. The minimum Gasteiger partial charge on any atom is -0.387 e. The van der Waals surface area contributed by atoms with Crippen LogP contribution in [0.15, 0.2) is 48.8 Å². The molecule has 8 heteroatoms. The maximum Gasteiger partial charge on any atom is 0.299 e. The summed E-state index contributed by atoms with van der Waals surface area (Å²) in [6.07, 6.45) is 7.97. The average Bonchev–Trinajstić information content (AvgIpc) is 3.36. The van der Waals surface area contributed by atoms with Crippen molar-refractivity contribution in [1.82, 2.24) is 15.0 Å². The first-order valence-electron chi connectivity index (χ1n) is 11.4. The molecule has 2 saturated carbocycles. The molecule has 7 nitrogen and oxygen atoms in total. The molecule has 2 aliphatic carbocycles. The quantitative estimate of drug-likeness (QED) is 0.438. The lowest BCUT2D eigenvalue weighted by atomic mass is 9.94. The standard InChI is InChI=1S/C24H34N4O3S/c1-24(2,26-16-23(29)20-4-3-11-25-15-20)14-17-6-9-21(10-7-17)27-32(30,31)28-22-13-18-5-8-19(22)12-18/h3-4,6-7,9-11,15,18-19,22-23,26-29H,5,8,12-14,16H2,1-2H3/t18-,19+,22?,23-/m0/s1. The number of hydrogen-bond donors (Lipinski definition) is 4. The number of fused-ring (bicyclic) bond motifs is 2. The molecule has 2 fully saturated rings. The van der Waals surface area contributed by atoms with Crippen molar-refractivity contribution in [3.8, 4) is 0 Å². The van der Waals surface area contributed by atoms with Crippen LogP contribution in [0.3, 0.4) is 0 Å². The fraction of sp³-hybridized carbons (Fsp3) is 0.542. The van der Waals surface area contributed by atoms with Gasteiger partial charge in [0.25, 0.3) is 10.2 Å². The van der Waals surface area contributed by atoms with E-state index < -0.39 is 16.3 Å². The Morgan fingerprint density at radius 3 is 2.56 bits per heavy atom. The van der Waals surface area contributed by atoms with Gasteiger partial charge in [-0.3, -0.25) is 9.71 Å². The first-order valence-corrected chi connectivity index (χ1v) is 12.9. The lowest BCUT2D eigenvalue weighted by Crippen LogP contribution is -2.43. The zero-order valence-electron chi connectivity index (χ0n) is 18.8. The summed E-state index contributed by atoms with van der Waals surface area (Å²) in [6, 6.07) is 11.2. The van der Waals surface area contributed by atoms with Gasteiger partial charge in [-0.2, -0.15) is 13.1 Å². The molecule has 4 atom stereocenters. The van der Waals surface area contributed by atoms with E-state index in [4.69, 9.17) is 0 Å². The van der Waals surface area contributed by atoms with E-state index in [0.717, 1.165) is 36.8 Å². The molecule has 0 aliphatic heterocycles. The Labute approximate surface area is 191 Å². The molecule has 0 radical (unpaired) electrons. The zero-order valence-corrected chi connectivity index (χ0v) is 19.6. The Morgan fingerprint density at radius 2 is 1.94 bits per heavy atom. The number of aliphatic hydroxyl groups excluding tert-OH is 1. The summed E-state index contributed by atoms with van der Waals surface area (Å²) in [7, 11) is -3.58. The van der Waals surface area contributed by atoms with Crippen molar-refractivity contribution >= 4 is 15.9 Å². The molecular formula is C24H34N4O3S. The normalized spacial score (nSPS) is 23.9. The molecule has 4 rings (SSSR count). The Balaban J connectivity index is 1.28. The molecule has 2 bridgehead atoms. The Hall–Kier alpha value is -2.00. The van der Waals surface area contributed by atoms with Gasteiger partial charge in [-0.05, 0) is 75.1 Å². The van der Waals surface area contributed by atoms with E-state index in [2.05, 4.69) is 33.6 Å². The summed E-state index contributed by atoms with van der Waals surface area (Å²) in [5.41, 5.74) is 2.18. The average molecular weight is 459 g/mol. The van der Waals surface area contributed by atoms with Crippen LogP contribution in [0.1, 0.15) is 56.8 Å². The monoisotopic (exact) mass is 458 g/mol. The number of pyridine rings is 1. The number of aliphatic hydroxyl groups is 1. The second-order valence-corrected chi connectivity index (χ2v) is 11.4. The van der Waals surface area contributed by atoms with Crippen molar-refractivity contribution in [3.63, 3.8) is 0 Å².